The van der Waals surface area contributed by atoms with Gasteiger partial charge in [-0.05, 0) is 12.1 Å². The summed E-state index contributed by atoms with van der Waals surface area (Å²) in [4.78, 5) is 15.1. The van der Waals surface area contributed by atoms with Crippen LogP contribution in [0.3, 0.4) is 0 Å². The Labute approximate surface area is 148 Å². The monoisotopic (exact) mass is 393 g/mol. The quantitative estimate of drug-likeness (QED) is 0.797. The Morgan fingerprint density at radius 1 is 1.12 bits per heavy atom. The molecule has 3 rings (SSSR count). The number of nitrogens with zero attached hydrogens (tertiary/aromatic N) is 4. The Morgan fingerprint density at radius 2 is 1.81 bits per heavy atom. The minimum atomic E-state index is -4.54. The molecular weight excluding hydrogens is 381 g/mol. The van der Waals surface area contributed by atoms with E-state index in [9.17, 15) is 26.7 Å². The summed E-state index contributed by atoms with van der Waals surface area (Å²) in [7, 11) is 0. The minimum Gasteiger partial charge on any atom is -0.343 e. The Kier molecular flexibility index (Phi) is 4.94. The van der Waals surface area contributed by atoms with Crippen LogP contribution >= 0.6 is 11.3 Å². The van der Waals surface area contributed by atoms with Crippen LogP contribution in [0.5, 0.6) is 0 Å². The summed E-state index contributed by atoms with van der Waals surface area (Å²) >= 11 is 0.436. The van der Waals surface area contributed by atoms with E-state index in [4.69, 9.17) is 0 Å². The number of nitrogens with one attached hydrogen (secondary N) is 1. The number of carbonyl (C=O) groups excluding carboxylic acids is 1. The van der Waals surface area contributed by atoms with Gasteiger partial charge in [-0.15, -0.1) is 10.2 Å². The Bertz CT molecular complexity index is 803. The first kappa shape index (κ1) is 18.3. The van der Waals surface area contributed by atoms with Gasteiger partial charge in [-0.25, -0.2) is 13.6 Å². The average molecular weight is 393 g/mol. The lowest BCUT2D eigenvalue weighted by molar-refractivity contribution is -0.138. The van der Waals surface area contributed by atoms with Crippen LogP contribution in [-0.4, -0.2) is 47.3 Å². The number of hydrogen-bond acceptors (Lipinski definition) is 5. The number of urea groups is 1. The molecule has 0 atom stereocenters. The number of carbonyl (C=O) groups is 1. The van der Waals surface area contributed by atoms with Gasteiger partial charge >= 0.3 is 12.2 Å². The molecule has 0 bridgehead atoms. The van der Waals surface area contributed by atoms with Crippen molar-refractivity contribution in [2.24, 2.45) is 0 Å². The molecule has 1 N–H and O–H groups in total. The summed E-state index contributed by atoms with van der Waals surface area (Å²) in [6, 6.07) is 2.20. The number of alkyl halides is 3. The zero-order valence-corrected chi connectivity index (χ0v) is 13.9. The van der Waals surface area contributed by atoms with Crippen LogP contribution in [0.15, 0.2) is 18.2 Å². The first-order valence-corrected chi connectivity index (χ1v) is 8.22. The zero-order chi connectivity index (χ0) is 18.9. The van der Waals surface area contributed by atoms with E-state index in [1.54, 1.807) is 4.90 Å². The van der Waals surface area contributed by atoms with Crippen molar-refractivity contribution in [1.82, 2.24) is 15.1 Å². The van der Waals surface area contributed by atoms with E-state index in [0.717, 1.165) is 12.1 Å². The van der Waals surface area contributed by atoms with Gasteiger partial charge in [-0.2, -0.15) is 13.2 Å². The molecule has 26 heavy (non-hydrogen) atoms. The van der Waals surface area contributed by atoms with Gasteiger partial charge in [0.15, 0.2) is 0 Å². The van der Waals surface area contributed by atoms with E-state index in [2.05, 4.69) is 15.5 Å². The third-order valence-corrected chi connectivity index (χ3v) is 4.70. The molecule has 0 spiro atoms. The molecule has 1 aliphatic heterocycles. The average Bonchev–Trinajstić information content (AvgIpc) is 3.08. The van der Waals surface area contributed by atoms with Crippen molar-refractivity contribution in [2.45, 2.75) is 6.18 Å². The first-order chi connectivity index (χ1) is 12.2. The van der Waals surface area contributed by atoms with Crippen molar-refractivity contribution < 1.29 is 26.7 Å². The number of amides is 2. The van der Waals surface area contributed by atoms with E-state index < -0.39 is 28.8 Å². The van der Waals surface area contributed by atoms with Crippen LogP contribution in [0.25, 0.3) is 0 Å². The number of benzene rings is 1. The molecule has 2 aromatic rings. The third kappa shape index (κ3) is 4.00. The molecule has 1 aromatic carbocycles. The van der Waals surface area contributed by atoms with Gasteiger partial charge < -0.3 is 15.1 Å². The molecule has 2 heterocycles. The number of anilines is 2. The highest BCUT2D eigenvalue weighted by Crippen LogP contribution is 2.34. The van der Waals surface area contributed by atoms with Gasteiger partial charge in [0, 0.05) is 32.2 Å². The van der Waals surface area contributed by atoms with E-state index in [1.807, 2.05) is 0 Å². The van der Waals surface area contributed by atoms with Crippen molar-refractivity contribution in [1.29, 1.82) is 0 Å². The predicted octanol–water partition coefficient (Wildman–Crippen LogP) is 3.19. The fourth-order valence-electron chi connectivity index (χ4n) is 2.34. The van der Waals surface area contributed by atoms with Crippen LogP contribution in [-0.2, 0) is 6.18 Å². The third-order valence-electron chi connectivity index (χ3n) is 3.67. The van der Waals surface area contributed by atoms with E-state index in [-0.39, 0.29) is 37.0 Å². The lowest BCUT2D eigenvalue weighted by atomic mass is 10.3. The maximum atomic E-state index is 13.6. The molecule has 0 radical (unpaired) electrons. The number of aromatic nitrogens is 2. The Balaban J connectivity index is 1.58. The molecule has 12 heteroatoms. The lowest BCUT2D eigenvalue weighted by Gasteiger charge is -2.34. The fraction of sp³-hybridized carbons (Fsp3) is 0.357. The minimum absolute atomic E-state index is 0.127. The van der Waals surface area contributed by atoms with E-state index >= 15 is 0 Å². The lowest BCUT2D eigenvalue weighted by Crippen LogP contribution is -2.50. The van der Waals surface area contributed by atoms with Crippen LogP contribution in [0.1, 0.15) is 5.01 Å². The Hall–Kier alpha value is -2.50. The second-order valence-corrected chi connectivity index (χ2v) is 6.37. The molecule has 1 aliphatic rings. The SMILES string of the molecule is O=C(Nc1ccc(F)cc1F)N1CCN(c2nnc(C(F)(F)F)s2)CC1. The summed E-state index contributed by atoms with van der Waals surface area (Å²) in [5, 5.41) is 8.10. The van der Waals surface area contributed by atoms with Crippen LogP contribution in [0.4, 0.5) is 37.6 Å². The van der Waals surface area contributed by atoms with Crippen molar-refractivity contribution in [2.75, 3.05) is 36.4 Å². The van der Waals surface area contributed by atoms with Crippen molar-refractivity contribution in [3.05, 3.63) is 34.8 Å². The van der Waals surface area contributed by atoms with E-state index in [1.165, 1.54) is 4.90 Å². The number of piperazine rings is 1. The zero-order valence-electron chi connectivity index (χ0n) is 13.1. The van der Waals surface area contributed by atoms with Crippen LogP contribution in [0, 0.1) is 11.6 Å². The maximum Gasteiger partial charge on any atom is 0.445 e. The van der Waals surface area contributed by atoms with Gasteiger partial charge in [0.1, 0.15) is 11.6 Å². The highest BCUT2D eigenvalue weighted by molar-refractivity contribution is 7.15. The van der Waals surface area contributed by atoms with E-state index in [0.29, 0.717) is 17.4 Å². The molecule has 0 aliphatic carbocycles. The molecule has 140 valence electrons. The fourth-order valence-corrected chi connectivity index (χ4v) is 3.11. The molecule has 2 amide bonds. The smallest absolute Gasteiger partial charge is 0.343 e. The number of halogens is 5. The largest absolute Gasteiger partial charge is 0.445 e. The predicted molar refractivity (Wildman–Crippen MR) is 84.1 cm³/mol. The first-order valence-electron chi connectivity index (χ1n) is 7.40. The summed E-state index contributed by atoms with van der Waals surface area (Å²) in [5.41, 5.74) is -0.155. The topological polar surface area (TPSA) is 61.4 Å². The van der Waals surface area contributed by atoms with Crippen molar-refractivity contribution in [3.63, 3.8) is 0 Å². The van der Waals surface area contributed by atoms with Gasteiger partial charge in [-0.3, -0.25) is 0 Å². The van der Waals surface area contributed by atoms with Gasteiger partial charge in [-0.1, -0.05) is 11.3 Å². The Morgan fingerprint density at radius 3 is 2.38 bits per heavy atom. The standard InChI is InChI=1S/C14H12F5N5OS/c15-8-1-2-10(9(16)7-8)20-12(25)23-3-5-24(6-4-23)13-22-21-11(26-13)14(17,18)19/h1-2,7H,3-6H2,(H,20,25). The highest BCUT2D eigenvalue weighted by atomic mass is 32.1. The number of rotatable bonds is 2. The molecule has 1 saturated heterocycles. The molecule has 1 aromatic heterocycles. The molecule has 6 nitrogen and oxygen atoms in total. The second kappa shape index (κ2) is 7.02. The van der Waals surface area contributed by atoms with Gasteiger partial charge in [0.2, 0.25) is 10.1 Å². The van der Waals surface area contributed by atoms with Gasteiger partial charge in [0.05, 0.1) is 5.69 Å². The highest BCUT2D eigenvalue weighted by Gasteiger charge is 2.36. The number of hydrogen-bond donors (Lipinski definition) is 1. The normalized spacial score (nSPS) is 15.3. The van der Waals surface area contributed by atoms with Gasteiger partial charge in [0.25, 0.3) is 0 Å². The summed E-state index contributed by atoms with van der Waals surface area (Å²) in [5.74, 6) is -1.66. The molecular formula is C14H12F5N5OS. The second-order valence-electron chi connectivity index (χ2n) is 5.42. The summed E-state index contributed by atoms with van der Waals surface area (Å²) in [6.07, 6.45) is -4.54. The molecule has 1 fully saturated rings. The maximum absolute atomic E-state index is 13.6. The van der Waals surface area contributed by atoms with Crippen LogP contribution in [0.2, 0.25) is 0 Å². The van der Waals surface area contributed by atoms with Crippen LogP contribution < -0.4 is 10.2 Å². The summed E-state index contributed by atoms with van der Waals surface area (Å²) < 4.78 is 64.2. The summed E-state index contributed by atoms with van der Waals surface area (Å²) in [6.45, 7) is 0.919. The molecule has 0 unspecified atom stereocenters. The molecule has 0 saturated carbocycles. The van der Waals surface area contributed by atoms with Crippen molar-refractivity contribution >= 4 is 28.2 Å². The van der Waals surface area contributed by atoms with Crippen molar-refractivity contribution in [3.8, 4) is 0 Å².